The summed E-state index contributed by atoms with van der Waals surface area (Å²) in [6, 6.07) is 23.8. The molecule has 3 aromatic rings. The van der Waals surface area contributed by atoms with Crippen LogP contribution in [-0.2, 0) is 21.2 Å². The summed E-state index contributed by atoms with van der Waals surface area (Å²) in [6.07, 6.45) is 0.684. The lowest BCUT2D eigenvalue weighted by molar-refractivity contribution is -0.116. The zero-order valence-corrected chi connectivity index (χ0v) is 19.5. The minimum atomic E-state index is -3.57. The summed E-state index contributed by atoms with van der Waals surface area (Å²) < 4.78 is 28.2. The third-order valence-electron chi connectivity index (χ3n) is 6.52. The SMILES string of the molecule is CC(=O)N1CCc2cc(S(=O)(=O)N3CCN(c4cccc(-c5ccccc5)c4)CC3)ccc21. The number of carbonyl (C=O) groups excluding carboxylic acids is 1. The van der Waals surface area contributed by atoms with Crippen molar-refractivity contribution in [3.8, 4) is 11.1 Å². The maximum absolute atomic E-state index is 13.3. The Morgan fingerprint density at radius 3 is 2.24 bits per heavy atom. The number of hydrogen-bond acceptors (Lipinski definition) is 4. The first-order valence-corrected chi connectivity index (χ1v) is 12.7. The average molecular weight is 462 g/mol. The Hall–Kier alpha value is -3.16. The first kappa shape index (κ1) is 21.7. The van der Waals surface area contributed by atoms with Gasteiger partial charge < -0.3 is 9.80 Å². The first-order chi connectivity index (χ1) is 15.9. The maximum atomic E-state index is 13.3. The molecule has 1 amide bonds. The van der Waals surface area contributed by atoms with Crippen LogP contribution < -0.4 is 9.80 Å². The molecule has 33 heavy (non-hydrogen) atoms. The monoisotopic (exact) mass is 461 g/mol. The molecule has 0 spiro atoms. The Labute approximate surface area is 195 Å². The molecule has 0 N–H and O–H groups in total. The van der Waals surface area contributed by atoms with Crippen molar-refractivity contribution in [2.24, 2.45) is 0 Å². The summed E-state index contributed by atoms with van der Waals surface area (Å²) in [5.41, 5.74) is 5.17. The van der Waals surface area contributed by atoms with E-state index < -0.39 is 10.0 Å². The van der Waals surface area contributed by atoms with Gasteiger partial charge >= 0.3 is 0 Å². The summed E-state index contributed by atoms with van der Waals surface area (Å²) in [7, 11) is -3.57. The van der Waals surface area contributed by atoms with Gasteiger partial charge in [0, 0.05) is 51.0 Å². The molecular formula is C26H27N3O3S. The van der Waals surface area contributed by atoms with Gasteiger partial charge in [-0.25, -0.2) is 8.42 Å². The first-order valence-electron chi connectivity index (χ1n) is 11.2. The fourth-order valence-corrected chi connectivity index (χ4v) is 6.19. The second-order valence-electron chi connectivity index (χ2n) is 8.52. The molecule has 6 nitrogen and oxygen atoms in total. The second-order valence-corrected chi connectivity index (χ2v) is 10.5. The quantitative estimate of drug-likeness (QED) is 0.593. The number of piperazine rings is 1. The van der Waals surface area contributed by atoms with E-state index in [9.17, 15) is 13.2 Å². The summed E-state index contributed by atoms with van der Waals surface area (Å²) >= 11 is 0. The molecule has 1 saturated heterocycles. The van der Waals surface area contributed by atoms with Gasteiger partial charge in [0.2, 0.25) is 15.9 Å². The number of sulfonamides is 1. The van der Waals surface area contributed by atoms with E-state index in [1.165, 1.54) is 12.5 Å². The molecule has 0 bridgehead atoms. The standard InChI is InChI=1S/C26H27N3O3S/c1-20(30)29-13-12-23-19-25(10-11-26(23)29)33(31,32)28-16-14-27(15-17-28)24-9-5-8-22(18-24)21-6-3-2-4-7-21/h2-11,18-19H,12-17H2,1H3. The summed E-state index contributed by atoms with van der Waals surface area (Å²) in [5, 5.41) is 0. The average Bonchev–Trinajstić information content (AvgIpc) is 3.29. The number of hydrogen-bond donors (Lipinski definition) is 0. The van der Waals surface area contributed by atoms with Crippen LogP contribution >= 0.6 is 0 Å². The minimum Gasteiger partial charge on any atom is -0.369 e. The molecule has 2 aliphatic heterocycles. The predicted molar refractivity (Wildman–Crippen MR) is 131 cm³/mol. The van der Waals surface area contributed by atoms with E-state index in [0.29, 0.717) is 44.0 Å². The Morgan fingerprint density at radius 2 is 1.52 bits per heavy atom. The molecule has 0 unspecified atom stereocenters. The van der Waals surface area contributed by atoms with Gasteiger partial charge in [0.1, 0.15) is 0 Å². The lowest BCUT2D eigenvalue weighted by Crippen LogP contribution is -2.48. The van der Waals surface area contributed by atoms with E-state index in [0.717, 1.165) is 22.5 Å². The van der Waals surface area contributed by atoms with Crippen LogP contribution in [0.3, 0.4) is 0 Å². The maximum Gasteiger partial charge on any atom is 0.243 e. The molecular weight excluding hydrogens is 434 g/mol. The third-order valence-corrected chi connectivity index (χ3v) is 8.42. The highest BCUT2D eigenvalue weighted by molar-refractivity contribution is 7.89. The molecule has 0 aliphatic carbocycles. The van der Waals surface area contributed by atoms with Gasteiger partial charge in [0.15, 0.2) is 0 Å². The smallest absolute Gasteiger partial charge is 0.243 e. The fraction of sp³-hybridized carbons (Fsp3) is 0.269. The van der Waals surface area contributed by atoms with Gasteiger partial charge in [-0.1, -0.05) is 42.5 Å². The second kappa shape index (κ2) is 8.65. The van der Waals surface area contributed by atoms with Gasteiger partial charge in [-0.15, -0.1) is 0 Å². The molecule has 0 aromatic heterocycles. The van der Waals surface area contributed by atoms with Gasteiger partial charge in [0.25, 0.3) is 0 Å². The number of nitrogens with zero attached hydrogens (tertiary/aromatic N) is 3. The summed E-state index contributed by atoms with van der Waals surface area (Å²) in [5.74, 6) is -0.0168. The summed E-state index contributed by atoms with van der Waals surface area (Å²) in [6.45, 7) is 4.30. The third kappa shape index (κ3) is 4.14. The predicted octanol–water partition coefficient (Wildman–Crippen LogP) is 3.77. The van der Waals surface area contributed by atoms with Crippen LogP contribution in [0.4, 0.5) is 11.4 Å². The van der Waals surface area contributed by atoms with E-state index in [-0.39, 0.29) is 5.91 Å². The van der Waals surface area contributed by atoms with Crippen LogP contribution in [0.25, 0.3) is 11.1 Å². The van der Waals surface area contributed by atoms with E-state index in [1.807, 2.05) is 18.2 Å². The molecule has 2 aliphatic rings. The minimum absolute atomic E-state index is 0.0168. The van der Waals surface area contributed by atoms with Gasteiger partial charge in [-0.2, -0.15) is 4.31 Å². The van der Waals surface area contributed by atoms with Crippen LogP contribution in [-0.4, -0.2) is 51.4 Å². The van der Waals surface area contributed by atoms with E-state index in [2.05, 4.69) is 41.3 Å². The molecule has 170 valence electrons. The van der Waals surface area contributed by atoms with Crippen molar-refractivity contribution < 1.29 is 13.2 Å². The van der Waals surface area contributed by atoms with Crippen LogP contribution in [0.2, 0.25) is 0 Å². The van der Waals surface area contributed by atoms with Crippen molar-refractivity contribution in [3.63, 3.8) is 0 Å². The van der Waals surface area contributed by atoms with E-state index >= 15 is 0 Å². The lowest BCUT2D eigenvalue weighted by Gasteiger charge is -2.35. The van der Waals surface area contributed by atoms with E-state index in [4.69, 9.17) is 0 Å². The Morgan fingerprint density at radius 1 is 0.788 bits per heavy atom. The zero-order valence-electron chi connectivity index (χ0n) is 18.6. The van der Waals surface area contributed by atoms with Crippen molar-refractivity contribution in [2.45, 2.75) is 18.2 Å². The Balaban J connectivity index is 1.30. The van der Waals surface area contributed by atoms with Gasteiger partial charge in [-0.05, 0) is 53.4 Å². The van der Waals surface area contributed by atoms with Crippen molar-refractivity contribution in [3.05, 3.63) is 78.4 Å². The number of anilines is 2. The Kier molecular flexibility index (Phi) is 5.68. The molecule has 2 heterocycles. The Bertz CT molecular complexity index is 1280. The molecule has 1 fully saturated rings. The number of carbonyl (C=O) groups is 1. The number of amides is 1. The highest BCUT2D eigenvalue weighted by Crippen LogP contribution is 2.32. The largest absolute Gasteiger partial charge is 0.369 e. The van der Waals surface area contributed by atoms with Crippen LogP contribution in [0.1, 0.15) is 12.5 Å². The molecule has 7 heteroatoms. The van der Waals surface area contributed by atoms with Crippen LogP contribution in [0, 0.1) is 0 Å². The van der Waals surface area contributed by atoms with Crippen LogP contribution in [0.5, 0.6) is 0 Å². The molecule has 0 radical (unpaired) electrons. The topological polar surface area (TPSA) is 60.9 Å². The van der Waals surface area contributed by atoms with Crippen molar-refractivity contribution >= 4 is 27.3 Å². The molecule has 3 aromatic carbocycles. The summed E-state index contributed by atoms with van der Waals surface area (Å²) in [4.78, 5) is 16.0. The highest BCUT2D eigenvalue weighted by Gasteiger charge is 2.31. The zero-order chi connectivity index (χ0) is 23.0. The van der Waals surface area contributed by atoms with E-state index in [1.54, 1.807) is 27.4 Å². The van der Waals surface area contributed by atoms with Gasteiger partial charge in [-0.3, -0.25) is 4.79 Å². The number of rotatable bonds is 4. The molecule has 0 saturated carbocycles. The van der Waals surface area contributed by atoms with Crippen molar-refractivity contribution in [1.82, 2.24) is 4.31 Å². The van der Waals surface area contributed by atoms with Crippen molar-refractivity contribution in [1.29, 1.82) is 0 Å². The highest BCUT2D eigenvalue weighted by atomic mass is 32.2. The van der Waals surface area contributed by atoms with Gasteiger partial charge in [0.05, 0.1) is 4.90 Å². The molecule has 5 rings (SSSR count). The number of fused-ring (bicyclic) bond motifs is 1. The van der Waals surface area contributed by atoms with Crippen molar-refractivity contribution in [2.75, 3.05) is 42.5 Å². The van der Waals surface area contributed by atoms with Crippen LogP contribution in [0.15, 0.2) is 77.7 Å². The lowest BCUT2D eigenvalue weighted by atomic mass is 10.0. The normalized spacial score (nSPS) is 16.6. The number of benzene rings is 3. The molecule has 0 atom stereocenters. The fourth-order valence-electron chi connectivity index (χ4n) is 4.71.